The van der Waals surface area contributed by atoms with Crippen LogP contribution in [0.3, 0.4) is 0 Å². The number of hydrogen-bond donors (Lipinski definition) is 1. The molecule has 0 unspecified atom stereocenters. The van der Waals surface area contributed by atoms with Gasteiger partial charge in [-0.25, -0.2) is 9.97 Å². The molecule has 1 amide bonds. The van der Waals surface area contributed by atoms with Crippen molar-refractivity contribution in [3.8, 4) is 0 Å². The maximum absolute atomic E-state index is 12.4. The summed E-state index contributed by atoms with van der Waals surface area (Å²) < 4.78 is 6.12. The molecule has 2 aliphatic heterocycles. The van der Waals surface area contributed by atoms with E-state index in [2.05, 4.69) is 31.6 Å². The van der Waals surface area contributed by atoms with Gasteiger partial charge in [0, 0.05) is 24.2 Å². The number of aromatic nitrogens is 2. The van der Waals surface area contributed by atoms with Crippen molar-refractivity contribution in [3.63, 3.8) is 0 Å². The van der Waals surface area contributed by atoms with E-state index in [4.69, 9.17) is 4.74 Å². The van der Waals surface area contributed by atoms with E-state index in [0.717, 1.165) is 38.0 Å². The zero-order valence-electron chi connectivity index (χ0n) is 14.0. The van der Waals surface area contributed by atoms with E-state index in [1.165, 1.54) is 4.88 Å². The number of ether oxygens (including phenoxy) is 1. The SMILES string of the molecule is O=C(NCCc1cccs1)[C@@H]1CC[C@@H]2[C@@H](CCN2c2ccncn2)O1. The van der Waals surface area contributed by atoms with Crippen LogP contribution in [0.2, 0.25) is 0 Å². The molecule has 0 radical (unpaired) electrons. The van der Waals surface area contributed by atoms with Gasteiger partial charge in [0.1, 0.15) is 18.2 Å². The zero-order valence-corrected chi connectivity index (χ0v) is 14.8. The first kappa shape index (κ1) is 16.5. The Hall–Kier alpha value is -1.99. The predicted octanol–water partition coefficient (Wildman–Crippen LogP) is 2.02. The standard InChI is InChI=1S/C18H22N4O2S/c23-18(20-9-5-13-2-1-11-25-13)16-4-3-14-15(24-16)7-10-22(14)17-6-8-19-12-21-17/h1-2,6,8,11-12,14-16H,3-5,7,9-10H2,(H,20,23)/t14-,15-,16+/m1/s1. The van der Waals surface area contributed by atoms with Crippen LogP contribution in [0.5, 0.6) is 0 Å². The Balaban J connectivity index is 1.29. The summed E-state index contributed by atoms with van der Waals surface area (Å²) in [7, 11) is 0. The fourth-order valence-electron chi connectivity index (χ4n) is 3.74. The molecule has 2 aromatic rings. The number of hydrogen-bond acceptors (Lipinski definition) is 6. The van der Waals surface area contributed by atoms with Crippen molar-refractivity contribution < 1.29 is 9.53 Å². The summed E-state index contributed by atoms with van der Waals surface area (Å²) in [6.07, 6.45) is 6.66. The van der Waals surface area contributed by atoms with E-state index in [9.17, 15) is 4.79 Å². The average Bonchev–Trinajstić information content (AvgIpc) is 3.31. The van der Waals surface area contributed by atoms with Crippen LogP contribution in [0, 0.1) is 0 Å². The highest BCUT2D eigenvalue weighted by Gasteiger charge is 2.42. The fourth-order valence-corrected chi connectivity index (χ4v) is 4.44. The number of carbonyl (C=O) groups excluding carboxylic acids is 1. The lowest BCUT2D eigenvalue weighted by Gasteiger charge is -2.35. The lowest BCUT2D eigenvalue weighted by Crippen LogP contribution is -2.48. The minimum atomic E-state index is -0.324. The van der Waals surface area contributed by atoms with Crippen LogP contribution in [-0.4, -0.2) is 47.2 Å². The van der Waals surface area contributed by atoms with Crippen molar-refractivity contribution in [1.82, 2.24) is 15.3 Å². The monoisotopic (exact) mass is 358 g/mol. The molecule has 25 heavy (non-hydrogen) atoms. The maximum Gasteiger partial charge on any atom is 0.249 e. The summed E-state index contributed by atoms with van der Waals surface area (Å²) >= 11 is 1.72. The third-order valence-electron chi connectivity index (χ3n) is 4.95. The molecular formula is C18H22N4O2S. The summed E-state index contributed by atoms with van der Waals surface area (Å²) in [6.45, 7) is 1.58. The van der Waals surface area contributed by atoms with Crippen molar-refractivity contribution >= 4 is 23.1 Å². The summed E-state index contributed by atoms with van der Waals surface area (Å²) in [4.78, 5) is 24.3. The van der Waals surface area contributed by atoms with E-state index in [1.54, 1.807) is 23.9 Å². The highest BCUT2D eigenvalue weighted by molar-refractivity contribution is 7.09. The van der Waals surface area contributed by atoms with Crippen molar-refractivity contribution in [2.45, 2.75) is 43.9 Å². The molecule has 132 valence electrons. The summed E-state index contributed by atoms with van der Waals surface area (Å²) in [5.74, 6) is 0.973. The van der Waals surface area contributed by atoms with Gasteiger partial charge in [0.25, 0.3) is 0 Å². The molecular weight excluding hydrogens is 336 g/mol. The molecule has 4 heterocycles. The van der Waals surface area contributed by atoms with E-state index in [-0.39, 0.29) is 18.1 Å². The number of nitrogens with one attached hydrogen (secondary N) is 1. The third-order valence-corrected chi connectivity index (χ3v) is 5.89. The van der Waals surface area contributed by atoms with Gasteiger partial charge in [-0.3, -0.25) is 4.79 Å². The summed E-state index contributed by atoms with van der Waals surface area (Å²) in [6, 6.07) is 6.38. The van der Waals surface area contributed by atoms with Crippen molar-refractivity contribution in [1.29, 1.82) is 0 Å². The predicted molar refractivity (Wildman–Crippen MR) is 96.7 cm³/mol. The van der Waals surface area contributed by atoms with Gasteiger partial charge >= 0.3 is 0 Å². The number of thiophene rings is 1. The van der Waals surface area contributed by atoms with Gasteiger partial charge in [0.15, 0.2) is 0 Å². The fraction of sp³-hybridized carbons (Fsp3) is 0.500. The Morgan fingerprint density at radius 1 is 1.36 bits per heavy atom. The molecule has 2 saturated heterocycles. The van der Waals surface area contributed by atoms with E-state index >= 15 is 0 Å². The van der Waals surface area contributed by atoms with Crippen molar-refractivity contribution in [2.24, 2.45) is 0 Å². The number of rotatable bonds is 5. The van der Waals surface area contributed by atoms with Gasteiger partial charge in [0.2, 0.25) is 5.91 Å². The van der Waals surface area contributed by atoms with E-state index in [0.29, 0.717) is 12.6 Å². The van der Waals surface area contributed by atoms with Crippen LogP contribution in [0.25, 0.3) is 0 Å². The van der Waals surface area contributed by atoms with Crippen molar-refractivity contribution in [3.05, 3.63) is 41.0 Å². The Bertz CT molecular complexity index is 694. The minimum absolute atomic E-state index is 0.0236. The number of carbonyl (C=O) groups is 1. The normalized spacial score (nSPS) is 25.6. The Morgan fingerprint density at radius 3 is 3.12 bits per heavy atom. The van der Waals surface area contributed by atoms with Gasteiger partial charge in [-0.15, -0.1) is 11.3 Å². The first-order chi connectivity index (χ1) is 12.3. The second-order valence-electron chi connectivity index (χ2n) is 6.48. The van der Waals surface area contributed by atoms with Crippen molar-refractivity contribution in [2.75, 3.05) is 18.0 Å². The first-order valence-corrected chi connectivity index (χ1v) is 9.67. The smallest absolute Gasteiger partial charge is 0.249 e. The van der Waals surface area contributed by atoms with Gasteiger partial charge in [-0.1, -0.05) is 6.07 Å². The number of fused-ring (bicyclic) bond motifs is 1. The highest BCUT2D eigenvalue weighted by Crippen LogP contribution is 2.33. The second-order valence-corrected chi connectivity index (χ2v) is 7.51. The molecule has 2 fully saturated rings. The number of nitrogens with zero attached hydrogens (tertiary/aromatic N) is 3. The van der Waals surface area contributed by atoms with Crippen LogP contribution in [0.4, 0.5) is 5.82 Å². The van der Waals surface area contributed by atoms with Gasteiger partial charge < -0.3 is 15.0 Å². The van der Waals surface area contributed by atoms with Crippen LogP contribution in [0.15, 0.2) is 36.1 Å². The van der Waals surface area contributed by atoms with Crippen LogP contribution in [0.1, 0.15) is 24.1 Å². The molecule has 6 nitrogen and oxygen atoms in total. The lowest BCUT2D eigenvalue weighted by molar-refractivity contribution is -0.141. The summed E-state index contributed by atoms with van der Waals surface area (Å²) in [5.41, 5.74) is 0. The van der Waals surface area contributed by atoms with Crippen LogP contribution >= 0.6 is 11.3 Å². The quantitative estimate of drug-likeness (QED) is 0.886. The average molecular weight is 358 g/mol. The minimum Gasteiger partial charge on any atom is -0.363 e. The van der Waals surface area contributed by atoms with Gasteiger partial charge in [-0.05, 0) is 43.2 Å². The largest absolute Gasteiger partial charge is 0.363 e. The first-order valence-electron chi connectivity index (χ1n) is 8.79. The topological polar surface area (TPSA) is 67.4 Å². The molecule has 7 heteroatoms. The molecule has 2 aromatic heterocycles. The van der Waals surface area contributed by atoms with Gasteiger partial charge in [-0.2, -0.15) is 0 Å². The number of amides is 1. The molecule has 0 aromatic carbocycles. The Morgan fingerprint density at radius 2 is 2.32 bits per heavy atom. The Labute approximate surface area is 151 Å². The van der Waals surface area contributed by atoms with Crippen LogP contribution in [-0.2, 0) is 16.0 Å². The molecule has 0 saturated carbocycles. The highest BCUT2D eigenvalue weighted by atomic mass is 32.1. The molecule has 0 bridgehead atoms. The van der Waals surface area contributed by atoms with E-state index < -0.39 is 0 Å². The molecule has 3 atom stereocenters. The molecule has 2 aliphatic rings. The molecule has 0 aliphatic carbocycles. The Kier molecular flexibility index (Phi) is 4.94. The van der Waals surface area contributed by atoms with E-state index in [1.807, 2.05) is 12.1 Å². The maximum atomic E-state index is 12.4. The lowest BCUT2D eigenvalue weighted by atomic mass is 9.98. The van der Waals surface area contributed by atoms with Gasteiger partial charge in [0.05, 0.1) is 12.1 Å². The molecule has 4 rings (SSSR count). The zero-order chi connectivity index (χ0) is 17.1. The summed E-state index contributed by atoms with van der Waals surface area (Å²) in [5, 5.41) is 5.08. The second kappa shape index (κ2) is 7.49. The molecule has 0 spiro atoms. The molecule has 1 N–H and O–H groups in total. The van der Waals surface area contributed by atoms with Crippen LogP contribution < -0.4 is 10.2 Å². The third kappa shape index (κ3) is 3.67. The number of anilines is 1.